The molecule has 0 fully saturated rings. The molecule has 0 saturated heterocycles. The third kappa shape index (κ3) is 5.83. The van der Waals surface area contributed by atoms with Gasteiger partial charge in [-0.15, -0.1) is 0 Å². The molecule has 0 radical (unpaired) electrons. The quantitative estimate of drug-likeness (QED) is 0.318. The molecule has 3 aromatic rings. The van der Waals surface area contributed by atoms with Crippen molar-refractivity contribution in [3.63, 3.8) is 0 Å². The van der Waals surface area contributed by atoms with Crippen LogP contribution in [0.15, 0.2) is 54.7 Å². The highest BCUT2D eigenvalue weighted by Crippen LogP contribution is 2.39. The smallest absolute Gasteiger partial charge is 0.348 e. The number of amides is 4. The lowest BCUT2D eigenvalue weighted by atomic mass is 9.98. The Bertz CT molecular complexity index is 1480. The first-order chi connectivity index (χ1) is 20.0. The maximum atomic E-state index is 13.9. The monoisotopic (exact) mass is 583 g/mol. The minimum atomic E-state index is -4.81. The van der Waals surface area contributed by atoms with Gasteiger partial charge in [-0.1, -0.05) is 43.3 Å². The molecule has 0 aliphatic carbocycles. The van der Waals surface area contributed by atoms with Crippen LogP contribution in [-0.2, 0) is 33.8 Å². The molecule has 0 bridgehead atoms. The number of alkyl halides is 3. The highest BCUT2D eigenvalue weighted by Gasteiger charge is 2.47. The average Bonchev–Trinajstić information content (AvgIpc) is 3.61. The van der Waals surface area contributed by atoms with E-state index in [1.54, 1.807) is 18.2 Å². The predicted octanol–water partition coefficient (Wildman–Crippen LogP) is 1.81. The molecule has 4 atom stereocenters. The summed E-state index contributed by atoms with van der Waals surface area (Å²) in [6.07, 6.45) is -2.73. The molecule has 220 valence electrons. The standard InChI is InChI=1S/C28H28F3N7O4/c1-15(28(29,30)31)22(35-24(39)17-6-3-2-4-7-17)26(41)34-20-11-10-16-8-5-9-18-12-21(38(23(16)18)27(20)42)25(40)32-13-19-14-33-37-36-19/h2-9,14-15,20-22H,10-13H2,1H3,(H,32,40)(H,34,41)(H,35,39)(H,33,36,37)/t15?,20-,21-,22-/m0/s1. The maximum Gasteiger partial charge on any atom is 0.394 e. The van der Waals surface area contributed by atoms with Gasteiger partial charge in [0.2, 0.25) is 17.7 Å². The maximum absolute atomic E-state index is 13.9. The van der Waals surface area contributed by atoms with Gasteiger partial charge in [-0.25, -0.2) is 0 Å². The number of hydrogen-bond donors (Lipinski definition) is 4. The van der Waals surface area contributed by atoms with Gasteiger partial charge in [-0.2, -0.15) is 28.6 Å². The van der Waals surface area contributed by atoms with Crippen molar-refractivity contribution in [3.05, 3.63) is 77.1 Å². The number of nitrogens with zero attached hydrogens (tertiary/aromatic N) is 3. The molecular weight excluding hydrogens is 555 g/mol. The van der Waals surface area contributed by atoms with E-state index in [4.69, 9.17) is 0 Å². The molecule has 14 heteroatoms. The summed E-state index contributed by atoms with van der Waals surface area (Å²) in [6, 6.07) is 8.79. The van der Waals surface area contributed by atoms with Gasteiger partial charge in [0.15, 0.2) is 0 Å². The second-order valence-electron chi connectivity index (χ2n) is 10.3. The zero-order valence-corrected chi connectivity index (χ0v) is 22.4. The number of nitrogens with one attached hydrogen (secondary N) is 4. The third-order valence-corrected chi connectivity index (χ3v) is 7.56. The van der Waals surface area contributed by atoms with Crippen LogP contribution in [0.3, 0.4) is 0 Å². The van der Waals surface area contributed by atoms with E-state index < -0.39 is 53.8 Å². The highest BCUT2D eigenvalue weighted by atomic mass is 19.4. The van der Waals surface area contributed by atoms with Crippen molar-refractivity contribution in [2.24, 2.45) is 5.92 Å². The van der Waals surface area contributed by atoms with E-state index in [0.29, 0.717) is 17.8 Å². The normalized spacial score (nSPS) is 19.3. The number of hydrogen-bond acceptors (Lipinski definition) is 6. The number of carbonyl (C=O) groups excluding carboxylic acids is 4. The Kier molecular flexibility index (Phi) is 7.96. The van der Waals surface area contributed by atoms with Gasteiger partial charge in [0.25, 0.3) is 5.91 Å². The Morgan fingerprint density at radius 1 is 1.10 bits per heavy atom. The van der Waals surface area contributed by atoms with Gasteiger partial charge in [-0.3, -0.25) is 24.1 Å². The third-order valence-electron chi connectivity index (χ3n) is 7.56. The van der Waals surface area contributed by atoms with Crippen LogP contribution in [-0.4, -0.2) is 63.3 Å². The summed E-state index contributed by atoms with van der Waals surface area (Å²) in [5.41, 5.74) is 2.68. The molecule has 1 aromatic heterocycles. The van der Waals surface area contributed by atoms with Crippen molar-refractivity contribution in [1.82, 2.24) is 31.4 Å². The number of rotatable bonds is 8. The number of carbonyl (C=O) groups is 4. The van der Waals surface area contributed by atoms with Crippen molar-refractivity contribution in [1.29, 1.82) is 0 Å². The Labute approximate surface area is 238 Å². The van der Waals surface area contributed by atoms with Crippen LogP contribution >= 0.6 is 0 Å². The minimum Gasteiger partial charge on any atom is -0.348 e. The zero-order valence-electron chi connectivity index (χ0n) is 22.4. The summed E-state index contributed by atoms with van der Waals surface area (Å²) in [4.78, 5) is 54.5. The second-order valence-corrected chi connectivity index (χ2v) is 10.3. The van der Waals surface area contributed by atoms with Gasteiger partial charge in [0.05, 0.1) is 24.3 Å². The van der Waals surface area contributed by atoms with Gasteiger partial charge < -0.3 is 16.0 Å². The van der Waals surface area contributed by atoms with Crippen LogP contribution in [0.25, 0.3) is 0 Å². The number of halogens is 3. The fourth-order valence-electron chi connectivity index (χ4n) is 5.26. The molecular formula is C28H28F3N7O4. The minimum absolute atomic E-state index is 0.0648. The topological polar surface area (TPSA) is 149 Å². The van der Waals surface area contributed by atoms with Crippen molar-refractivity contribution >= 4 is 29.3 Å². The molecule has 0 spiro atoms. The number of para-hydroxylation sites is 1. The van der Waals surface area contributed by atoms with Crippen LogP contribution in [0.4, 0.5) is 18.9 Å². The molecule has 5 rings (SSSR count). The fourth-order valence-corrected chi connectivity index (χ4v) is 5.26. The summed E-state index contributed by atoms with van der Waals surface area (Å²) in [5, 5.41) is 17.4. The first-order valence-corrected chi connectivity index (χ1v) is 13.3. The summed E-state index contributed by atoms with van der Waals surface area (Å²) in [6.45, 7) is 0.859. The fraction of sp³-hybridized carbons (Fsp3) is 0.357. The van der Waals surface area contributed by atoms with Crippen LogP contribution in [0.2, 0.25) is 0 Å². The highest BCUT2D eigenvalue weighted by molar-refractivity contribution is 6.08. The molecule has 11 nitrogen and oxygen atoms in total. The SMILES string of the molecule is CC([C@H](NC(=O)c1ccccc1)C(=O)N[C@H]1CCc2cccc3c2N(C1=O)[C@H](C(=O)NCc1cn[nH]n1)C3)C(F)(F)F. The number of aromatic amines is 1. The summed E-state index contributed by atoms with van der Waals surface area (Å²) in [7, 11) is 0. The van der Waals surface area contributed by atoms with E-state index in [9.17, 15) is 32.3 Å². The number of aromatic nitrogens is 3. The lowest BCUT2D eigenvalue weighted by Crippen LogP contribution is -2.59. The van der Waals surface area contributed by atoms with Crippen LogP contribution in [0, 0.1) is 5.92 Å². The Morgan fingerprint density at radius 3 is 2.52 bits per heavy atom. The van der Waals surface area contributed by atoms with Gasteiger partial charge in [-0.05, 0) is 36.1 Å². The second kappa shape index (κ2) is 11.6. The average molecular weight is 584 g/mol. The van der Waals surface area contributed by atoms with Crippen molar-refractivity contribution in [3.8, 4) is 0 Å². The lowest BCUT2D eigenvalue weighted by molar-refractivity contribution is -0.179. The van der Waals surface area contributed by atoms with Crippen molar-refractivity contribution < 1.29 is 32.3 Å². The van der Waals surface area contributed by atoms with E-state index in [-0.39, 0.29) is 24.9 Å². The largest absolute Gasteiger partial charge is 0.394 e. The molecule has 1 unspecified atom stereocenters. The number of benzene rings is 2. The van der Waals surface area contributed by atoms with Crippen molar-refractivity contribution in [2.75, 3.05) is 4.90 Å². The molecule has 3 heterocycles. The van der Waals surface area contributed by atoms with Crippen LogP contribution < -0.4 is 20.9 Å². The number of H-pyrrole nitrogens is 1. The Balaban J connectivity index is 1.38. The van der Waals surface area contributed by atoms with Gasteiger partial charge in [0, 0.05) is 12.0 Å². The summed E-state index contributed by atoms with van der Waals surface area (Å²) < 4.78 is 41.4. The number of aryl methyl sites for hydroxylation is 1. The predicted molar refractivity (Wildman–Crippen MR) is 143 cm³/mol. The molecule has 2 aliphatic rings. The van der Waals surface area contributed by atoms with E-state index in [2.05, 4.69) is 31.4 Å². The molecule has 4 N–H and O–H groups in total. The summed E-state index contributed by atoms with van der Waals surface area (Å²) in [5.74, 6) is -5.35. The van der Waals surface area contributed by atoms with E-state index in [0.717, 1.165) is 18.1 Å². The first-order valence-electron chi connectivity index (χ1n) is 13.3. The van der Waals surface area contributed by atoms with Gasteiger partial charge in [0.1, 0.15) is 23.8 Å². The lowest BCUT2D eigenvalue weighted by Gasteiger charge is -2.30. The van der Waals surface area contributed by atoms with E-state index in [1.807, 2.05) is 18.2 Å². The van der Waals surface area contributed by atoms with Crippen molar-refractivity contribution in [2.45, 2.75) is 57.0 Å². The zero-order chi connectivity index (χ0) is 30.0. The molecule has 2 aliphatic heterocycles. The molecule has 0 saturated carbocycles. The molecule has 4 amide bonds. The summed E-state index contributed by atoms with van der Waals surface area (Å²) >= 11 is 0. The molecule has 2 aromatic carbocycles. The van der Waals surface area contributed by atoms with E-state index >= 15 is 0 Å². The van der Waals surface area contributed by atoms with Gasteiger partial charge >= 0.3 is 6.18 Å². The van der Waals surface area contributed by atoms with Crippen LogP contribution in [0.5, 0.6) is 0 Å². The Hall–Kier alpha value is -4.75. The van der Waals surface area contributed by atoms with E-state index in [1.165, 1.54) is 23.2 Å². The van der Waals surface area contributed by atoms with Crippen LogP contribution in [0.1, 0.15) is 40.5 Å². The molecule has 42 heavy (non-hydrogen) atoms. The number of anilines is 1. The first kappa shape index (κ1) is 28.8. The Morgan fingerprint density at radius 2 is 1.83 bits per heavy atom.